The molecular formula is C12H18FNO3S. The first-order valence-electron chi connectivity index (χ1n) is 5.82. The van der Waals surface area contributed by atoms with E-state index >= 15 is 0 Å². The monoisotopic (exact) mass is 275 g/mol. The Labute approximate surface area is 107 Å². The molecule has 0 aliphatic carbocycles. The van der Waals surface area contributed by atoms with Gasteiger partial charge in [-0.1, -0.05) is 19.1 Å². The number of rotatable bonds is 7. The minimum atomic E-state index is -3.51. The van der Waals surface area contributed by atoms with Crippen molar-refractivity contribution in [3.05, 3.63) is 35.6 Å². The Morgan fingerprint density at radius 3 is 2.72 bits per heavy atom. The number of benzene rings is 1. The first kappa shape index (κ1) is 15.1. The number of aliphatic hydroxyl groups is 1. The van der Waals surface area contributed by atoms with Crippen LogP contribution in [0.25, 0.3) is 0 Å². The van der Waals surface area contributed by atoms with Gasteiger partial charge >= 0.3 is 0 Å². The number of halogens is 1. The van der Waals surface area contributed by atoms with Crippen LogP contribution in [0.5, 0.6) is 0 Å². The number of hydrogen-bond acceptors (Lipinski definition) is 3. The molecule has 0 bridgehead atoms. The maximum absolute atomic E-state index is 12.9. The highest BCUT2D eigenvalue weighted by molar-refractivity contribution is 7.88. The molecule has 0 amide bonds. The zero-order chi connectivity index (χ0) is 13.6. The Morgan fingerprint density at radius 2 is 2.17 bits per heavy atom. The summed E-state index contributed by atoms with van der Waals surface area (Å²) in [6.45, 7) is 1.77. The lowest BCUT2D eigenvalue weighted by molar-refractivity contribution is 0.270. The molecule has 0 saturated heterocycles. The van der Waals surface area contributed by atoms with Crippen LogP contribution < -0.4 is 4.72 Å². The Kier molecular flexibility index (Phi) is 5.71. The number of hydrogen-bond donors (Lipinski definition) is 2. The minimum Gasteiger partial charge on any atom is -0.396 e. The predicted octanol–water partition coefficient (Wildman–Crippen LogP) is 1.41. The molecule has 6 heteroatoms. The van der Waals surface area contributed by atoms with Crippen LogP contribution in [0.2, 0.25) is 0 Å². The molecule has 1 atom stereocenters. The van der Waals surface area contributed by atoms with Crippen molar-refractivity contribution in [2.75, 3.05) is 6.61 Å². The Morgan fingerprint density at radius 1 is 1.44 bits per heavy atom. The summed E-state index contributed by atoms with van der Waals surface area (Å²) in [4.78, 5) is 0. The van der Waals surface area contributed by atoms with Crippen molar-refractivity contribution in [1.82, 2.24) is 4.72 Å². The molecule has 0 fully saturated rings. The van der Waals surface area contributed by atoms with Crippen LogP contribution in [0, 0.1) is 5.82 Å². The molecule has 0 saturated carbocycles. The third kappa shape index (κ3) is 5.12. The molecule has 0 aromatic heterocycles. The van der Waals surface area contributed by atoms with Crippen molar-refractivity contribution in [2.45, 2.75) is 31.6 Å². The second-order valence-electron chi connectivity index (χ2n) is 4.12. The van der Waals surface area contributed by atoms with E-state index in [4.69, 9.17) is 5.11 Å². The summed E-state index contributed by atoms with van der Waals surface area (Å²) < 4.78 is 39.1. The highest BCUT2D eigenvalue weighted by Gasteiger charge is 2.17. The molecule has 18 heavy (non-hydrogen) atoms. The van der Waals surface area contributed by atoms with E-state index in [0.717, 1.165) is 0 Å². The van der Waals surface area contributed by atoms with Crippen LogP contribution >= 0.6 is 0 Å². The van der Waals surface area contributed by atoms with Gasteiger partial charge in [-0.2, -0.15) is 0 Å². The molecule has 0 heterocycles. The summed E-state index contributed by atoms with van der Waals surface area (Å²) in [5.41, 5.74) is 0.404. The quantitative estimate of drug-likeness (QED) is 0.790. The standard InChI is InChI=1S/C12H18FNO3S/c1-2-12(6-7-15)14-18(16,17)9-10-4-3-5-11(13)8-10/h3-5,8,12,14-15H,2,6-7,9H2,1H3. The van der Waals surface area contributed by atoms with Crippen molar-refractivity contribution in [3.8, 4) is 0 Å². The van der Waals surface area contributed by atoms with Gasteiger partial charge in [0.2, 0.25) is 10.0 Å². The van der Waals surface area contributed by atoms with Crippen molar-refractivity contribution in [1.29, 1.82) is 0 Å². The van der Waals surface area contributed by atoms with E-state index in [1.54, 1.807) is 6.07 Å². The van der Waals surface area contributed by atoms with Gasteiger partial charge in [-0.05, 0) is 30.5 Å². The van der Waals surface area contributed by atoms with E-state index in [1.165, 1.54) is 18.2 Å². The molecule has 0 aliphatic heterocycles. The van der Waals surface area contributed by atoms with E-state index in [2.05, 4.69) is 4.72 Å². The molecule has 0 spiro atoms. The summed E-state index contributed by atoms with van der Waals surface area (Å²) in [6.07, 6.45) is 0.974. The highest BCUT2D eigenvalue weighted by atomic mass is 32.2. The van der Waals surface area contributed by atoms with Crippen LogP contribution in [-0.4, -0.2) is 26.2 Å². The van der Waals surface area contributed by atoms with Crippen LogP contribution in [0.3, 0.4) is 0 Å². The van der Waals surface area contributed by atoms with E-state index in [0.29, 0.717) is 18.4 Å². The molecule has 1 aromatic carbocycles. The molecule has 1 unspecified atom stereocenters. The third-order valence-corrected chi connectivity index (χ3v) is 3.97. The van der Waals surface area contributed by atoms with Gasteiger partial charge < -0.3 is 5.11 Å². The number of aliphatic hydroxyl groups excluding tert-OH is 1. The molecule has 0 radical (unpaired) electrons. The van der Waals surface area contributed by atoms with E-state index in [9.17, 15) is 12.8 Å². The SMILES string of the molecule is CCC(CCO)NS(=O)(=O)Cc1cccc(F)c1. The average Bonchev–Trinajstić information content (AvgIpc) is 2.27. The normalized spacial score (nSPS) is 13.5. The van der Waals surface area contributed by atoms with Gasteiger partial charge in [0.25, 0.3) is 0 Å². The topological polar surface area (TPSA) is 66.4 Å². The van der Waals surface area contributed by atoms with Crippen molar-refractivity contribution in [3.63, 3.8) is 0 Å². The minimum absolute atomic E-state index is 0.0685. The summed E-state index contributed by atoms with van der Waals surface area (Å²) in [6, 6.07) is 5.23. The summed E-state index contributed by atoms with van der Waals surface area (Å²) >= 11 is 0. The fraction of sp³-hybridized carbons (Fsp3) is 0.500. The Hall–Kier alpha value is -0.980. The van der Waals surface area contributed by atoms with Gasteiger partial charge in [0, 0.05) is 12.6 Å². The second-order valence-corrected chi connectivity index (χ2v) is 5.88. The lowest BCUT2D eigenvalue weighted by Crippen LogP contribution is -2.35. The first-order valence-corrected chi connectivity index (χ1v) is 7.47. The highest BCUT2D eigenvalue weighted by Crippen LogP contribution is 2.09. The summed E-state index contributed by atoms with van der Waals surface area (Å²) in [5, 5.41) is 8.81. The zero-order valence-electron chi connectivity index (χ0n) is 10.3. The Balaban J connectivity index is 2.70. The van der Waals surface area contributed by atoms with Crippen LogP contribution in [0.4, 0.5) is 4.39 Å². The van der Waals surface area contributed by atoms with Gasteiger partial charge in [-0.15, -0.1) is 0 Å². The number of sulfonamides is 1. The largest absolute Gasteiger partial charge is 0.396 e. The smallest absolute Gasteiger partial charge is 0.216 e. The van der Waals surface area contributed by atoms with Crippen LogP contribution in [0.15, 0.2) is 24.3 Å². The molecule has 0 aliphatic rings. The molecule has 1 rings (SSSR count). The first-order chi connectivity index (χ1) is 8.46. The molecule has 102 valence electrons. The summed E-state index contributed by atoms with van der Waals surface area (Å²) in [7, 11) is -3.51. The molecule has 2 N–H and O–H groups in total. The molecular weight excluding hydrogens is 257 g/mol. The van der Waals surface area contributed by atoms with Gasteiger partial charge in [-0.3, -0.25) is 0 Å². The van der Waals surface area contributed by atoms with Gasteiger partial charge in [0.05, 0.1) is 5.75 Å². The molecule has 1 aromatic rings. The fourth-order valence-corrected chi connectivity index (χ4v) is 3.14. The lowest BCUT2D eigenvalue weighted by atomic mass is 10.2. The lowest BCUT2D eigenvalue weighted by Gasteiger charge is -2.15. The Bertz CT molecular complexity index is 476. The van der Waals surface area contributed by atoms with Crippen molar-refractivity contribution in [2.24, 2.45) is 0 Å². The van der Waals surface area contributed by atoms with Crippen molar-refractivity contribution >= 4 is 10.0 Å². The predicted molar refractivity (Wildman–Crippen MR) is 67.9 cm³/mol. The van der Waals surface area contributed by atoms with Crippen LogP contribution in [0.1, 0.15) is 25.3 Å². The van der Waals surface area contributed by atoms with Gasteiger partial charge in [0.15, 0.2) is 0 Å². The second kappa shape index (κ2) is 6.82. The molecule has 4 nitrogen and oxygen atoms in total. The van der Waals surface area contributed by atoms with E-state index in [-0.39, 0.29) is 18.4 Å². The van der Waals surface area contributed by atoms with Gasteiger partial charge in [0.1, 0.15) is 5.82 Å². The third-order valence-electron chi connectivity index (χ3n) is 2.56. The zero-order valence-corrected chi connectivity index (χ0v) is 11.1. The van der Waals surface area contributed by atoms with Crippen LogP contribution in [-0.2, 0) is 15.8 Å². The van der Waals surface area contributed by atoms with Crippen molar-refractivity contribution < 1.29 is 17.9 Å². The number of nitrogens with one attached hydrogen (secondary N) is 1. The maximum Gasteiger partial charge on any atom is 0.216 e. The fourth-order valence-electron chi connectivity index (χ4n) is 1.64. The maximum atomic E-state index is 12.9. The van der Waals surface area contributed by atoms with E-state index in [1.807, 2.05) is 6.92 Å². The van der Waals surface area contributed by atoms with Gasteiger partial charge in [-0.25, -0.2) is 17.5 Å². The van der Waals surface area contributed by atoms with E-state index < -0.39 is 15.8 Å². The summed E-state index contributed by atoms with van der Waals surface area (Å²) in [5.74, 6) is -0.711. The average molecular weight is 275 g/mol.